The molecule has 0 aliphatic heterocycles. The van der Waals surface area contributed by atoms with Gasteiger partial charge in [0.05, 0.1) is 4.90 Å². The number of hydrogen-bond acceptors (Lipinski definition) is 3. The van der Waals surface area contributed by atoms with Crippen molar-refractivity contribution in [2.45, 2.75) is 9.79 Å². The monoisotopic (exact) mass is 358 g/mol. The highest BCUT2D eigenvalue weighted by atomic mass is 79.9. The van der Waals surface area contributed by atoms with Crippen LogP contribution in [0.3, 0.4) is 0 Å². The van der Waals surface area contributed by atoms with Crippen molar-refractivity contribution < 1.29 is 14.0 Å². The number of halogens is 3. The first-order valence-corrected chi connectivity index (χ1v) is 7.02. The van der Waals surface area contributed by atoms with E-state index in [4.69, 9.17) is 10.9 Å². The summed E-state index contributed by atoms with van der Waals surface area (Å²) < 4.78 is 28.7. The van der Waals surface area contributed by atoms with Crippen molar-refractivity contribution in [2.75, 3.05) is 0 Å². The van der Waals surface area contributed by atoms with Gasteiger partial charge in [0.25, 0.3) is 0 Å². The van der Waals surface area contributed by atoms with Gasteiger partial charge in [-0.05, 0) is 36.4 Å². The highest BCUT2D eigenvalue weighted by molar-refractivity contribution is 9.10. The predicted octanol–water partition coefficient (Wildman–Crippen LogP) is 3.97. The number of hydrogen-bond donors (Lipinski definition) is 2. The number of nitrogens with two attached hydrogens (primary N) is 1. The average molecular weight is 359 g/mol. The van der Waals surface area contributed by atoms with Gasteiger partial charge < -0.3 is 10.9 Å². The summed E-state index contributed by atoms with van der Waals surface area (Å²) in [5.74, 6) is -1.87. The van der Waals surface area contributed by atoms with E-state index in [1.165, 1.54) is 0 Å². The van der Waals surface area contributed by atoms with Crippen molar-refractivity contribution in [3.63, 3.8) is 0 Å². The maximum absolute atomic E-state index is 13.9. The largest absolute Gasteiger partial charge is 0.409 e. The van der Waals surface area contributed by atoms with Gasteiger partial charge in [-0.1, -0.05) is 32.8 Å². The SMILES string of the molecule is N/C(=N/O)c1cc(F)c(Sc2ccc(Br)cc2)c(F)c1. The lowest BCUT2D eigenvalue weighted by Crippen LogP contribution is -2.14. The standard InChI is InChI=1S/C13H9BrF2N2OS/c14-8-1-3-9(4-2-8)20-12-10(15)5-7(6-11(12)16)13(17)18-19/h1-6,19H,(H2,17,18). The summed E-state index contributed by atoms with van der Waals surface area (Å²) in [6.45, 7) is 0. The molecule has 104 valence electrons. The fourth-order valence-electron chi connectivity index (χ4n) is 1.48. The summed E-state index contributed by atoms with van der Waals surface area (Å²) >= 11 is 4.25. The van der Waals surface area contributed by atoms with E-state index in [2.05, 4.69) is 21.1 Å². The Morgan fingerprint density at radius 2 is 1.70 bits per heavy atom. The number of benzene rings is 2. The molecule has 3 N–H and O–H groups in total. The molecule has 0 aromatic heterocycles. The van der Waals surface area contributed by atoms with Crippen LogP contribution in [0, 0.1) is 11.6 Å². The third-order valence-electron chi connectivity index (χ3n) is 2.44. The van der Waals surface area contributed by atoms with Crippen LogP contribution in [0.15, 0.2) is 55.8 Å². The molecule has 2 aromatic carbocycles. The first-order chi connectivity index (χ1) is 9.51. The number of oxime groups is 1. The van der Waals surface area contributed by atoms with Crippen LogP contribution < -0.4 is 5.73 Å². The summed E-state index contributed by atoms with van der Waals surface area (Å²) in [7, 11) is 0. The van der Waals surface area contributed by atoms with E-state index in [1.807, 2.05) is 0 Å². The molecule has 2 aromatic rings. The van der Waals surface area contributed by atoms with Gasteiger partial charge >= 0.3 is 0 Å². The van der Waals surface area contributed by atoms with E-state index >= 15 is 0 Å². The van der Waals surface area contributed by atoms with Gasteiger partial charge in [-0.2, -0.15) is 0 Å². The second kappa shape index (κ2) is 6.23. The Kier molecular flexibility index (Phi) is 4.61. The number of nitrogens with zero attached hydrogens (tertiary/aromatic N) is 1. The lowest BCUT2D eigenvalue weighted by atomic mass is 10.2. The summed E-state index contributed by atoms with van der Waals surface area (Å²) in [6, 6.07) is 9.10. The van der Waals surface area contributed by atoms with Crippen LogP contribution in [0.5, 0.6) is 0 Å². The molecule has 20 heavy (non-hydrogen) atoms. The maximum atomic E-state index is 13.9. The molecule has 0 radical (unpaired) electrons. The van der Waals surface area contributed by atoms with Crippen LogP contribution in [0.1, 0.15) is 5.56 Å². The Morgan fingerprint density at radius 1 is 1.15 bits per heavy atom. The first-order valence-electron chi connectivity index (χ1n) is 5.41. The summed E-state index contributed by atoms with van der Waals surface area (Å²) in [5, 5.41) is 11.2. The third kappa shape index (κ3) is 3.29. The van der Waals surface area contributed by atoms with Crippen LogP contribution in [0.2, 0.25) is 0 Å². The van der Waals surface area contributed by atoms with Gasteiger partial charge in [-0.25, -0.2) is 8.78 Å². The highest BCUT2D eigenvalue weighted by Gasteiger charge is 2.14. The summed E-state index contributed by atoms with van der Waals surface area (Å²) in [5.41, 5.74) is 5.29. The van der Waals surface area contributed by atoms with Crippen LogP contribution in [0.25, 0.3) is 0 Å². The number of amidine groups is 1. The summed E-state index contributed by atoms with van der Waals surface area (Å²) in [4.78, 5) is 0.560. The molecular weight excluding hydrogens is 350 g/mol. The van der Waals surface area contributed by atoms with Gasteiger partial charge in [-0.15, -0.1) is 0 Å². The highest BCUT2D eigenvalue weighted by Crippen LogP contribution is 2.33. The first kappa shape index (κ1) is 14.8. The molecule has 0 amide bonds. The van der Waals surface area contributed by atoms with E-state index in [-0.39, 0.29) is 16.3 Å². The average Bonchev–Trinajstić information content (AvgIpc) is 2.43. The van der Waals surface area contributed by atoms with Crippen molar-refractivity contribution in [1.29, 1.82) is 0 Å². The smallest absolute Gasteiger partial charge is 0.170 e. The maximum Gasteiger partial charge on any atom is 0.170 e. The van der Waals surface area contributed by atoms with Gasteiger partial charge in [0.15, 0.2) is 5.84 Å². The molecule has 2 rings (SSSR count). The Morgan fingerprint density at radius 3 is 2.20 bits per heavy atom. The van der Waals surface area contributed by atoms with E-state index in [0.717, 1.165) is 28.4 Å². The molecular formula is C13H9BrF2N2OS. The van der Waals surface area contributed by atoms with Crippen molar-refractivity contribution in [2.24, 2.45) is 10.9 Å². The third-order valence-corrected chi connectivity index (χ3v) is 4.07. The molecule has 0 bridgehead atoms. The molecule has 0 unspecified atom stereocenters. The second-order valence-electron chi connectivity index (χ2n) is 3.81. The molecule has 0 spiro atoms. The molecule has 0 aliphatic carbocycles. The van der Waals surface area contributed by atoms with E-state index in [9.17, 15) is 8.78 Å². The van der Waals surface area contributed by atoms with Crippen molar-refractivity contribution in [1.82, 2.24) is 0 Å². The minimum absolute atomic E-state index is 0.0114. The molecule has 3 nitrogen and oxygen atoms in total. The van der Waals surface area contributed by atoms with E-state index < -0.39 is 11.6 Å². The lowest BCUT2D eigenvalue weighted by molar-refractivity contribution is 0.318. The Bertz CT molecular complexity index is 639. The molecule has 7 heteroatoms. The van der Waals surface area contributed by atoms with Gasteiger partial charge in [0.2, 0.25) is 0 Å². The quantitative estimate of drug-likeness (QED) is 0.377. The van der Waals surface area contributed by atoms with Crippen molar-refractivity contribution >= 4 is 33.5 Å². The molecule has 0 heterocycles. The molecule has 0 saturated heterocycles. The topological polar surface area (TPSA) is 58.6 Å². The molecule has 0 atom stereocenters. The zero-order valence-corrected chi connectivity index (χ0v) is 12.4. The number of rotatable bonds is 3. The summed E-state index contributed by atoms with van der Waals surface area (Å²) in [6.07, 6.45) is 0. The van der Waals surface area contributed by atoms with Gasteiger partial charge in [0, 0.05) is 14.9 Å². The predicted molar refractivity (Wildman–Crippen MR) is 77.1 cm³/mol. The minimum atomic E-state index is -0.764. The van der Waals surface area contributed by atoms with Crippen molar-refractivity contribution in [3.8, 4) is 0 Å². The van der Waals surface area contributed by atoms with E-state index in [1.54, 1.807) is 24.3 Å². The fraction of sp³-hybridized carbons (Fsp3) is 0. The molecule has 0 saturated carbocycles. The molecule has 0 aliphatic rings. The lowest BCUT2D eigenvalue weighted by Gasteiger charge is -2.07. The van der Waals surface area contributed by atoms with Crippen molar-refractivity contribution in [3.05, 3.63) is 58.1 Å². The fourth-order valence-corrected chi connectivity index (χ4v) is 2.57. The molecule has 0 fully saturated rings. The minimum Gasteiger partial charge on any atom is -0.409 e. The second-order valence-corrected chi connectivity index (χ2v) is 5.81. The van der Waals surface area contributed by atoms with E-state index in [0.29, 0.717) is 4.90 Å². The Labute approximate surface area is 126 Å². The van der Waals surface area contributed by atoms with Crippen LogP contribution >= 0.6 is 27.7 Å². The zero-order chi connectivity index (χ0) is 14.7. The van der Waals surface area contributed by atoms with Crippen LogP contribution in [-0.2, 0) is 0 Å². The van der Waals surface area contributed by atoms with Gasteiger partial charge in [-0.3, -0.25) is 0 Å². The van der Waals surface area contributed by atoms with Crippen LogP contribution in [-0.4, -0.2) is 11.0 Å². The Balaban J connectivity index is 2.35. The zero-order valence-electron chi connectivity index (χ0n) is 9.98. The normalized spacial score (nSPS) is 11.7. The Hall–Kier alpha value is -1.60. The van der Waals surface area contributed by atoms with Crippen LogP contribution in [0.4, 0.5) is 8.78 Å². The van der Waals surface area contributed by atoms with Gasteiger partial charge in [0.1, 0.15) is 11.6 Å².